The van der Waals surface area contributed by atoms with E-state index in [0.717, 1.165) is 32.1 Å². The molecule has 2 rings (SSSR count). The highest BCUT2D eigenvalue weighted by atomic mass is 16.5. The van der Waals surface area contributed by atoms with Crippen LogP contribution in [0.3, 0.4) is 0 Å². The maximum Gasteiger partial charge on any atom is 0.325 e. The summed E-state index contributed by atoms with van der Waals surface area (Å²) in [4.78, 5) is 38.2. The highest BCUT2D eigenvalue weighted by molar-refractivity contribution is 5.96. The number of likely N-dealkylation sites (tertiary alicyclic amines) is 1. The van der Waals surface area contributed by atoms with Crippen LogP contribution in [-0.2, 0) is 14.3 Å². The predicted molar refractivity (Wildman–Crippen MR) is 110 cm³/mol. The van der Waals surface area contributed by atoms with Crippen molar-refractivity contribution in [3.8, 4) is 5.75 Å². The largest absolute Gasteiger partial charge is 0.494 e. The molecule has 1 saturated heterocycles. The minimum Gasteiger partial charge on any atom is -0.494 e. The van der Waals surface area contributed by atoms with E-state index >= 15 is 0 Å². The molecule has 2 atom stereocenters. The van der Waals surface area contributed by atoms with Gasteiger partial charge in [0.25, 0.3) is 11.8 Å². The molecule has 7 heteroatoms. The minimum absolute atomic E-state index is 0.151. The molecular formula is C22H32N2O5. The van der Waals surface area contributed by atoms with E-state index in [1.54, 1.807) is 29.2 Å². The lowest BCUT2D eigenvalue weighted by Crippen LogP contribution is -2.49. The van der Waals surface area contributed by atoms with Gasteiger partial charge in [0.2, 0.25) is 0 Å². The first kappa shape index (κ1) is 22.7. The molecule has 0 bridgehead atoms. The molecule has 0 aliphatic carbocycles. The van der Waals surface area contributed by atoms with Gasteiger partial charge in [0.1, 0.15) is 12.3 Å². The fraction of sp³-hybridized carbons (Fsp3) is 0.591. The zero-order chi connectivity index (χ0) is 21.2. The molecule has 1 heterocycles. The van der Waals surface area contributed by atoms with E-state index in [0.29, 0.717) is 17.9 Å². The third kappa shape index (κ3) is 7.07. The van der Waals surface area contributed by atoms with Gasteiger partial charge >= 0.3 is 5.97 Å². The van der Waals surface area contributed by atoms with Crippen LogP contribution >= 0.6 is 0 Å². The van der Waals surface area contributed by atoms with Crippen molar-refractivity contribution in [1.29, 1.82) is 0 Å². The van der Waals surface area contributed by atoms with Crippen LogP contribution in [0.15, 0.2) is 24.3 Å². The van der Waals surface area contributed by atoms with Crippen molar-refractivity contribution < 1.29 is 23.9 Å². The number of hydrogen-bond donors (Lipinski definition) is 1. The Bertz CT molecular complexity index is 679. The lowest BCUT2D eigenvalue weighted by Gasteiger charge is -2.38. The van der Waals surface area contributed by atoms with Crippen molar-refractivity contribution in [3.63, 3.8) is 0 Å². The van der Waals surface area contributed by atoms with Gasteiger partial charge in [-0.3, -0.25) is 14.4 Å². The van der Waals surface area contributed by atoms with Gasteiger partial charge in [-0.2, -0.15) is 0 Å². The van der Waals surface area contributed by atoms with Crippen molar-refractivity contribution >= 4 is 17.8 Å². The highest BCUT2D eigenvalue weighted by Crippen LogP contribution is 2.22. The van der Waals surface area contributed by atoms with Gasteiger partial charge in [-0.1, -0.05) is 13.3 Å². The van der Waals surface area contributed by atoms with Crippen molar-refractivity contribution in [1.82, 2.24) is 10.2 Å². The molecule has 0 unspecified atom stereocenters. The minimum atomic E-state index is -0.636. The molecule has 0 spiro atoms. The van der Waals surface area contributed by atoms with E-state index in [2.05, 4.69) is 12.2 Å². The first-order chi connectivity index (χ1) is 13.9. The zero-order valence-corrected chi connectivity index (χ0v) is 17.6. The molecule has 7 nitrogen and oxygen atoms in total. The standard InChI is InChI=1S/C22H32N2O5/c1-4-5-13-28-19-11-9-18(10-12-19)22(27)23-14-21(26)29-15-20(25)24-16(2)7-6-8-17(24)3/h9-12,16-17H,4-8,13-15H2,1-3H3,(H,23,27)/t16-,17-/m0/s1. The van der Waals surface area contributed by atoms with Crippen LogP contribution in [0.4, 0.5) is 0 Å². The molecule has 1 N–H and O–H groups in total. The first-order valence-corrected chi connectivity index (χ1v) is 10.4. The molecule has 1 aliphatic heterocycles. The van der Waals surface area contributed by atoms with Crippen LogP contribution in [0.25, 0.3) is 0 Å². The van der Waals surface area contributed by atoms with Crippen molar-refractivity contribution in [2.75, 3.05) is 19.8 Å². The molecule has 1 aromatic carbocycles. The number of benzene rings is 1. The number of nitrogens with zero attached hydrogens (tertiary/aromatic N) is 1. The predicted octanol–water partition coefficient (Wildman–Crippen LogP) is 2.93. The Morgan fingerprint density at radius 2 is 1.76 bits per heavy atom. The van der Waals surface area contributed by atoms with Gasteiger partial charge in [0, 0.05) is 17.6 Å². The average molecular weight is 405 g/mol. The molecule has 1 aromatic rings. The topological polar surface area (TPSA) is 84.9 Å². The van der Waals surface area contributed by atoms with Gasteiger partial charge in [-0.05, 0) is 63.8 Å². The Balaban J connectivity index is 1.72. The number of amides is 2. The number of rotatable bonds is 9. The van der Waals surface area contributed by atoms with E-state index in [9.17, 15) is 14.4 Å². The maximum absolute atomic E-state index is 12.4. The first-order valence-electron chi connectivity index (χ1n) is 10.4. The number of piperidine rings is 1. The second-order valence-corrected chi connectivity index (χ2v) is 7.50. The number of unbranched alkanes of at least 4 members (excludes halogenated alkanes) is 1. The molecular weight excluding hydrogens is 372 g/mol. The summed E-state index contributed by atoms with van der Waals surface area (Å²) in [5.41, 5.74) is 0.424. The monoisotopic (exact) mass is 404 g/mol. The van der Waals surface area contributed by atoms with Gasteiger partial charge in [-0.25, -0.2) is 0 Å². The van der Waals surface area contributed by atoms with Crippen LogP contribution in [0.5, 0.6) is 5.75 Å². The lowest BCUT2D eigenvalue weighted by molar-refractivity contribution is -0.154. The van der Waals surface area contributed by atoms with Crippen LogP contribution in [0.2, 0.25) is 0 Å². The summed E-state index contributed by atoms with van der Waals surface area (Å²) >= 11 is 0. The Labute approximate surface area is 172 Å². The quantitative estimate of drug-likeness (QED) is 0.505. The van der Waals surface area contributed by atoms with Gasteiger partial charge < -0.3 is 19.7 Å². The Morgan fingerprint density at radius 1 is 1.10 bits per heavy atom. The summed E-state index contributed by atoms with van der Waals surface area (Å²) in [6.45, 7) is 6.17. The summed E-state index contributed by atoms with van der Waals surface area (Å²) < 4.78 is 10.6. The average Bonchev–Trinajstić information content (AvgIpc) is 2.71. The molecule has 29 heavy (non-hydrogen) atoms. The number of esters is 1. The molecule has 1 aliphatic rings. The summed E-state index contributed by atoms with van der Waals surface area (Å²) in [5.74, 6) is -0.507. The smallest absolute Gasteiger partial charge is 0.325 e. The molecule has 160 valence electrons. The lowest BCUT2D eigenvalue weighted by atomic mass is 9.97. The number of carbonyl (C=O) groups is 3. The highest BCUT2D eigenvalue weighted by Gasteiger charge is 2.29. The zero-order valence-electron chi connectivity index (χ0n) is 17.6. The second kappa shape index (κ2) is 11.4. The van der Waals surface area contributed by atoms with E-state index in [4.69, 9.17) is 9.47 Å². The van der Waals surface area contributed by atoms with E-state index < -0.39 is 5.97 Å². The normalized spacial score (nSPS) is 18.8. The fourth-order valence-corrected chi connectivity index (χ4v) is 3.47. The summed E-state index contributed by atoms with van der Waals surface area (Å²) in [7, 11) is 0. The fourth-order valence-electron chi connectivity index (χ4n) is 3.47. The van der Waals surface area contributed by atoms with Gasteiger partial charge in [0.05, 0.1) is 6.61 Å². The van der Waals surface area contributed by atoms with Crippen LogP contribution in [0.1, 0.15) is 63.2 Å². The second-order valence-electron chi connectivity index (χ2n) is 7.50. The van der Waals surface area contributed by atoms with Crippen molar-refractivity contribution in [2.24, 2.45) is 0 Å². The van der Waals surface area contributed by atoms with E-state index in [1.807, 2.05) is 13.8 Å². The number of nitrogens with one attached hydrogen (secondary N) is 1. The SMILES string of the molecule is CCCCOc1ccc(C(=O)NCC(=O)OCC(=O)N2[C@@H](C)CCC[C@@H]2C)cc1. The Hall–Kier alpha value is -2.57. The molecule has 0 aromatic heterocycles. The van der Waals surface area contributed by atoms with Gasteiger partial charge in [0.15, 0.2) is 6.61 Å². The number of ether oxygens (including phenoxy) is 2. The summed E-state index contributed by atoms with van der Waals surface area (Å²) in [6, 6.07) is 7.04. The Kier molecular flexibility index (Phi) is 8.96. The van der Waals surface area contributed by atoms with Crippen molar-refractivity contribution in [3.05, 3.63) is 29.8 Å². The van der Waals surface area contributed by atoms with Gasteiger partial charge in [-0.15, -0.1) is 0 Å². The van der Waals surface area contributed by atoms with Crippen LogP contribution < -0.4 is 10.1 Å². The van der Waals surface area contributed by atoms with E-state index in [1.165, 1.54) is 0 Å². The number of carbonyl (C=O) groups excluding carboxylic acids is 3. The van der Waals surface area contributed by atoms with E-state index in [-0.39, 0.29) is 37.0 Å². The van der Waals surface area contributed by atoms with Crippen molar-refractivity contribution in [2.45, 2.75) is 65.0 Å². The number of hydrogen-bond acceptors (Lipinski definition) is 5. The molecule has 0 saturated carbocycles. The Morgan fingerprint density at radius 3 is 2.38 bits per heavy atom. The van der Waals surface area contributed by atoms with Crippen LogP contribution in [-0.4, -0.2) is 54.5 Å². The molecule has 0 radical (unpaired) electrons. The summed E-state index contributed by atoms with van der Waals surface area (Å²) in [5, 5.41) is 2.51. The third-order valence-electron chi connectivity index (χ3n) is 5.11. The van der Waals surface area contributed by atoms with Crippen LogP contribution in [0, 0.1) is 0 Å². The summed E-state index contributed by atoms with van der Waals surface area (Å²) in [6.07, 6.45) is 5.05. The maximum atomic E-state index is 12.4. The molecule has 1 fully saturated rings. The molecule has 2 amide bonds. The third-order valence-corrected chi connectivity index (χ3v) is 5.11.